The maximum atomic E-state index is 13.3. The fraction of sp³-hybridized carbons (Fsp3) is 0.481. The molecule has 2 aliphatic heterocycles. The number of piperidine rings is 1. The number of carbonyl (C=O) groups is 2. The molecule has 2 amide bonds. The number of aryl methyl sites for hydroxylation is 1. The Bertz CT molecular complexity index is 987. The van der Waals surface area contributed by atoms with Crippen LogP contribution < -0.4 is 4.74 Å². The molecular weight excluding hydrogens is 433 g/mol. The third-order valence-corrected chi connectivity index (χ3v) is 6.99. The van der Waals surface area contributed by atoms with Gasteiger partial charge in [0, 0.05) is 56.7 Å². The largest absolute Gasteiger partial charge is 0.493 e. The van der Waals surface area contributed by atoms with E-state index in [0.29, 0.717) is 37.4 Å². The van der Waals surface area contributed by atoms with E-state index in [0.717, 1.165) is 44.6 Å². The third kappa shape index (κ3) is 5.95. The second-order valence-corrected chi connectivity index (χ2v) is 9.80. The molecule has 4 rings (SSSR count). The van der Waals surface area contributed by atoms with Gasteiger partial charge in [-0.1, -0.05) is 17.7 Å². The lowest BCUT2D eigenvalue weighted by Crippen LogP contribution is -2.53. The molecule has 2 aromatic carbocycles. The number of hydrogen-bond donors (Lipinski definition) is 0. The number of piperazine rings is 1. The minimum absolute atomic E-state index is 0.0158. The van der Waals surface area contributed by atoms with Crippen LogP contribution in [-0.4, -0.2) is 79.4 Å². The lowest BCUT2D eigenvalue weighted by molar-refractivity contribution is -0.137. The van der Waals surface area contributed by atoms with Crippen LogP contribution in [0.2, 0.25) is 0 Å². The summed E-state index contributed by atoms with van der Waals surface area (Å²) in [7, 11) is 2.07. The van der Waals surface area contributed by atoms with Gasteiger partial charge >= 0.3 is 0 Å². The van der Waals surface area contributed by atoms with Crippen LogP contribution in [0.25, 0.3) is 0 Å². The summed E-state index contributed by atoms with van der Waals surface area (Å²) in [6.07, 6.45) is 1.93. The van der Waals surface area contributed by atoms with Gasteiger partial charge in [0.25, 0.3) is 5.91 Å². The molecule has 2 aliphatic rings. The molecule has 0 spiro atoms. The van der Waals surface area contributed by atoms with Gasteiger partial charge in [-0.25, -0.2) is 4.39 Å². The summed E-state index contributed by atoms with van der Waals surface area (Å²) in [5.74, 6) is 0.341. The van der Waals surface area contributed by atoms with E-state index in [1.54, 1.807) is 12.1 Å². The maximum Gasteiger partial charge on any atom is 0.253 e. The minimum Gasteiger partial charge on any atom is -0.493 e. The Hall–Kier alpha value is -2.93. The predicted octanol–water partition coefficient (Wildman–Crippen LogP) is 3.60. The van der Waals surface area contributed by atoms with E-state index in [-0.39, 0.29) is 17.6 Å². The van der Waals surface area contributed by atoms with Gasteiger partial charge in [0.1, 0.15) is 11.6 Å². The fourth-order valence-electron chi connectivity index (χ4n) is 4.83. The van der Waals surface area contributed by atoms with E-state index in [1.807, 2.05) is 41.0 Å². The topological polar surface area (TPSA) is 53.1 Å². The Balaban J connectivity index is 1.51. The first-order chi connectivity index (χ1) is 16.3. The molecule has 2 heterocycles. The van der Waals surface area contributed by atoms with Crippen LogP contribution in [0.15, 0.2) is 48.5 Å². The fourth-order valence-corrected chi connectivity index (χ4v) is 4.83. The van der Waals surface area contributed by atoms with Crippen molar-refractivity contribution in [3.8, 4) is 5.75 Å². The van der Waals surface area contributed by atoms with Gasteiger partial charge in [-0.2, -0.15) is 0 Å². The Morgan fingerprint density at radius 2 is 1.62 bits per heavy atom. The highest BCUT2D eigenvalue weighted by molar-refractivity contribution is 5.94. The van der Waals surface area contributed by atoms with Crippen molar-refractivity contribution in [3.63, 3.8) is 0 Å². The zero-order valence-corrected chi connectivity index (χ0v) is 20.1. The van der Waals surface area contributed by atoms with Crippen LogP contribution in [0.3, 0.4) is 0 Å². The average Bonchev–Trinajstić information content (AvgIpc) is 2.84. The molecule has 0 unspecified atom stereocenters. The van der Waals surface area contributed by atoms with E-state index in [4.69, 9.17) is 4.74 Å². The average molecular weight is 468 g/mol. The summed E-state index contributed by atoms with van der Waals surface area (Å²) >= 11 is 0. The first-order valence-electron chi connectivity index (χ1n) is 12.0. The number of ether oxygens (including phenoxy) is 1. The molecule has 1 atom stereocenters. The van der Waals surface area contributed by atoms with Crippen molar-refractivity contribution in [1.82, 2.24) is 14.7 Å². The lowest BCUT2D eigenvalue weighted by Gasteiger charge is -2.43. The smallest absolute Gasteiger partial charge is 0.253 e. The Morgan fingerprint density at radius 3 is 2.29 bits per heavy atom. The molecule has 0 saturated carbocycles. The Morgan fingerprint density at radius 1 is 0.941 bits per heavy atom. The summed E-state index contributed by atoms with van der Waals surface area (Å²) in [6, 6.07) is 13.5. The first-order valence-corrected chi connectivity index (χ1v) is 12.0. The zero-order valence-electron chi connectivity index (χ0n) is 20.1. The van der Waals surface area contributed by atoms with Crippen molar-refractivity contribution in [2.45, 2.75) is 26.2 Å². The number of benzene rings is 2. The monoisotopic (exact) mass is 467 g/mol. The quantitative estimate of drug-likeness (QED) is 0.652. The van der Waals surface area contributed by atoms with E-state index in [1.165, 1.54) is 12.1 Å². The van der Waals surface area contributed by atoms with Crippen molar-refractivity contribution in [3.05, 3.63) is 65.5 Å². The molecular formula is C27H34FN3O3. The van der Waals surface area contributed by atoms with Crippen molar-refractivity contribution in [2.24, 2.45) is 5.41 Å². The maximum absolute atomic E-state index is 13.3. The molecule has 0 N–H and O–H groups in total. The summed E-state index contributed by atoms with van der Waals surface area (Å²) in [4.78, 5) is 32.6. The van der Waals surface area contributed by atoms with Crippen LogP contribution in [0.1, 0.15) is 35.2 Å². The highest BCUT2D eigenvalue weighted by Gasteiger charge is 2.41. The standard InChI is InChI=1S/C27H34FN3O3/c1-21-4-6-22(7-5-21)26(33)31-13-3-12-27(19-31,20-34-24-10-8-23(28)9-11-24)18-25(32)30-16-14-29(2)15-17-30/h4-11H,3,12-20H2,1-2H3/t27-/m0/s1. The van der Waals surface area contributed by atoms with E-state index < -0.39 is 5.41 Å². The van der Waals surface area contributed by atoms with Gasteiger partial charge in [-0.3, -0.25) is 9.59 Å². The van der Waals surface area contributed by atoms with Gasteiger partial charge < -0.3 is 19.4 Å². The zero-order chi connectivity index (χ0) is 24.1. The van der Waals surface area contributed by atoms with Crippen molar-refractivity contribution < 1.29 is 18.7 Å². The molecule has 0 radical (unpaired) electrons. The molecule has 182 valence electrons. The molecule has 6 nitrogen and oxygen atoms in total. The number of carbonyl (C=O) groups excluding carboxylic acids is 2. The highest BCUT2D eigenvalue weighted by Crippen LogP contribution is 2.36. The molecule has 2 saturated heterocycles. The second kappa shape index (κ2) is 10.6. The van der Waals surface area contributed by atoms with Gasteiger partial charge in [-0.05, 0) is 63.2 Å². The Kier molecular flexibility index (Phi) is 7.51. The number of likely N-dealkylation sites (N-methyl/N-ethyl adjacent to an activating group) is 1. The first kappa shape index (κ1) is 24.2. The molecule has 0 aliphatic carbocycles. The van der Waals surface area contributed by atoms with Crippen molar-refractivity contribution in [2.75, 3.05) is 52.9 Å². The van der Waals surface area contributed by atoms with Gasteiger partial charge in [0.15, 0.2) is 0 Å². The van der Waals surface area contributed by atoms with Gasteiger partial charge in [0.05, 0.1) is 6.61 Å². The van der Waals surface area contributed by atoms with Crippen LogP contribution in [0.4, 0.5) is 4.39 Å². The number of hydrogen-bond acceptors (Lipinski definition) is 4. The second-order valence-electron chi connectivity index (χ2n) is 9.80. The number of amides is 2. The van der Waals surface area contributed by atoms with Gasteiger partial charge in [0.2, 0.25) is 5.91 Å². The van der Waals surface area contributed by atoms with E-state index >= 15 is 0 Å². The predicted molar refractivity (Wildman–Crippen MR) is 129 cm³/mol. The Labute approximate surface area is 201 Å². The van der Waals surface area contributed by atoms with E-state index in [2.05, 4.69) is 11.9 Å². The number of likely N-dealkylation sites (tertiary alicyclic amines) is 1. The molecule has 2 aromatic rings. The normalized spacial score (nSPS) is 21.4. The molecule has 2 fully saturated rings. The summed E-state index contributed by atoms with van der Waals surface area (Å²) in [6.45, 7) is 6.58. The van der Waals surface area contributed by atoms with Gasteiger partial charge in [-0.15, -0.1) is 0 Å². The number of rotatable bonds is 6. The highest BCUT2D eigenvalue weighted by atomic mass is 19.1. The van der Waals surface area contributed by atoms with Crippen molar-refractivity contribution in [1.29, 1.82) is 0 Å². The molecule has 34 heavy (non-hydrogen) atoms. The third-order valence-electron chi connectivity index (χ3n) is 6.99. The van der Waals surface area contributed by atoms with Crippen LogP contribution >= 0.6 is 0 Å². The number of nitrogens with zero attached hydrogens (tertiary/aromatic N) is 3. The summed E-state index contributed by atoms with van der Waals surface area (Å²) in [5.41, 5.74) is 1.27. The molecule has 0 aromatic heterocycles. The lowest BCUT2D eigenvalue weighted by atomic mass is 9.77. The van der Waals surface area contributed by atoms with Crippen LogP contribution in [0.5, 0.6) is 5.75 Å². The SMILES string of the molecule is Cc1ccc(C(=O)N2CCC[C@](COc3ccc(F)cc3)(CC(=O)N3CCN(C)CC3)C2)cc1. The van der Waals surface area contributed by atoms with E-state index in [9.17, 15) is 14.0 Å². The molecule has 0 bridgehead atoms. The summed E-state index contributed by atoms with van der Waals surface area (Å²) in [5, 5.41) is 0. The van der Waals surface area contributed by atoms with Crippen LogP contribution in [-0.2, 0) is 4.79 Å². The minimum atomic E-state index is -0.493. The number of halogens is 1. The molecule has 7 heteroatoms. The summed E-state index contributed by atoms with van der Waals surface area (Å²) < 4.78 is 19.4. The van der Waals surface area contributed by atoms with Crippen molar-refractivity contribution >= 4 is 11.8 Å². The van der Waals surface area contributed by atoms with Crippen LogP contribution in [0, 0.1) is 18.2 Å².